The van der Waals surface area contributed by atoms with Gasteiger partial charge in [-0.05, 0) is 43.0 Å². The molecule has 3 aromatic rings. The van der Waals surface area contributed by atoms with Crippen LogP contribution in [0.1, 0.15) is 25.0 Å². The van der Waals surface area contributed by atoms with Crippen LogP contribution in [0.3, 0.4) is 0 Å². The van der Waals surface area contributed by atoms with Crippen molar-refractivity contribution in [3.05, 3.63) is 35.7 Å². The van der Waals surface area contributed by atoms with Gasteiger partial charge in [0.15, 0.2) is 0 Å². The van der Waals surface area contributed by atoms with E-state index < -0.39 is 0 Å². The van der Waals surface area contributed by atoms with Gasteiger partial charge < -0.3 is 16.8 Å². The molecule has 1 unspecified atom stereocenters. The SMILES string of the molecule is Cc1cc2nc(N)n(-c3cc(NC(CN)C(C)C)ncn3)c2cc1C. The molecular formula is C18H25N7. The van der Waals surface area contributed by atoms with Crippen LogP contribution in [0.25, 0.3) is 16.9 Å². The first kappa shape index (κ1) is 17.2. The van der Waals surface area contributed by atoms with Crippen LogP contribution in [0.4, 0.5) is 11.8 Å². The predicted molar refractivity (Wildman–Crippen MR) is 102 cm³/mol. The lowest BCUT2D eigenvalue weighted by Crippen LogP contribution is -2.34. The van der Waals surface area contributed by atoms with Crippen molar-refractivity contribution in [1.29, 1.82) is 0 Å². The topological polar surface area (TPSA) is 108 Å². The Kier molecular flexibility index (Phi) is 4.59. The Labute approximate surface area is 147 Å². The number of nitrogens with two attached hydrogens (primary N) is 2. The number of aromatic nitrogens is 4. The van der Waals surface area contributed by atoms with E-state index in [-0.39, 0.29) is 6.04 Å². The molecule has 0 radical (unpaired) electrons. The first-order valence-corrected chi connectivity index (χ1v) is 8.45. The molecule has 0 aliphatic heterocycles. The minimum atomic E-state index is 0.143. The lowest BCUT2D eigenvalue weighted by molar-refractivity contribution is 0.530. The Balaban J connectivity index is 2.05. The number of aryl methyl sites for hydroxylation is 2. The summed E-state index contributed by atoms with van der Waals surface area (Å²) in [5, 5.41) is 3.37. The summed E-state index contributed by atoms with van der Waals surface area (Å²) < 4.78 is 1.85. The summed E-state index contributed by atoms with van der Waals surface area (Å²) in [7, 11) is 0. The average molecular weight is 339 g/mol. The van der Waals surface area contributed by atoms with Gasteiger partial charge in [-0.2, -0.15) is 0 Å². The smallest absolute Gasteiger partial charge is 0.207 e. The minimum absolute atomic E-state index is 0.143. The number of nitrogen functional groups attached to an aromatic ring is 1. The highest BCUT2D eigenvalue weighted by atomic mass is 15.2. The van der Waals surface area contributed by atoms with Gasteiger partial charge in [0, 0.05) is 18.7 Å². The molecule has 1 atom stereocenters. The first-order chi connectivity index (χ1) is 11.9. The molecule has 0 saturated carbocycles. The van der Waals surface area contributed by atoms with Crippen molar-refractivity contribution in [2.75, 3.05) is 17.6 Å². The molecule has 0 aliphatic carbocycles. The second-order valence-corrected chi connectivity index (χ2v) is 6.72. The number of hydrogen-bond acceptors (Lipinski definition) is 6. The van der Waals surface area contributed by atoms with Crippen molar-refractivity contribution in [1.82, 2.24) is 19.5 Å². The Morgan fingerprint density at radius 3 is 2.52 bits per heavy atom. The van der Waals surface area contributed by atoms with Gasteiger partial charge in [0.2, 0.25) is 5.95 Å². The Bertz CT molecular complexity index is 898. The van der Waals surface area contributed by atoms with Crippen LogP contribution in [0.2, 0.25) is 0 Å². The zero-order valence-corrected chi connectivity index (χ0v) is 15.1. The molecule has 0 amide bonds. The zero-order valence-electron chi connectivity index (χ0n) is 15.1. The number of nitrogens with zero attached hydrogens (tertiary/aromatic N) is 4. The van der Waals surface area contributed by atoms with Gasteiger partial charge in [-0.1, -0.05) is 13.8 Å². The molecule has 2 aromatic heterocycles. The molecule has 2 heterocycles. The molecule has 0 spiro atoms. The number of benzene rings is 1. The molecule has 1 aromatic carbocycles. The summed E-state index contributed by atoms with van der Waals surface area (Å²) in [4.78, 5) is 13.2. The molecule has 0 saturated heterocycles. The Morgan fingerprint density at radius 2 is 1.84 bits per heavy atom. The van der Waals surface area contributed by atoms with Gasteiger partial charge in [0.05, 0.1) is 11.0 Å². The molecule has 5 N–H and O–H groups in total. The van der Waals surface area contributed by atoms with E-state index in [1.165, 1.54) is 17.5 Å². The van der Waals surface area contributed by atoms with Gasteiger partial charge in [-0.15, -0.1) is 0 Å². The molecule has 7 heteroatoms. The van der Waals surface area contributed by atoms with E-state index in [0.29, 0.717) is 24.2 Å². The van der Waals surface area contributed by atoms with Gasteiger partial charge in [-0.25, -0.2) is 15.0 Å². The number of hydrogen-bond donors (Lipinski definition) is 3. The molecular weight excluding hydrogens is 314 g/mol. The van der Waals surface area contributed by atoms with Gasteiger partial charge in [0.1, 0.15) is 18.0 Å². The highest BCUT2D eigenvalue weighted by molar-refractivity contribution is 5.82. The number of nitrogens with one attached hydrogen (secondary N) is 1. The third kappa shape index (κ3) is 3.28. The third-order valence-corrected chi connectivity index (χ3v) is 4.57. The summed E-state index contributed by atoms with van der Waals surface area (Å²) in [5.41, 5.74) is 16.2. The standard InChI is InChI=1S/C18H25N7/c1-10(2)14(8-19)23-16-7-17(22-9-21-16)25-15-6-12(4)11(3)5-13(15)24-18(25)20/h5-7,9-10,14H,8,19H2,1-4H3,(H2,20,24)(H,21,22,23). The fourth-order valence-electron chi connectivity index (χ4n) is 2.83. The minimum Gasteiger partial charge on any atom is -0.369 e. The van der Waals surface area contributed by atoms with E-state index in [1.807, 2.05) is 16.7 Å². The first-order valence-electron chi connectivity index (χ1n) is 8.45. The summed E-state index contributed by atoms with van der Waals surface area (Å²) in [5.74, 6) is 2.21. The highest BCUT2D eigenvalue weighted by Gasteiger charge is 2.15. The van der Waals surface area contributed by atoms with Crippen molar-refractivity contribution in [3.63, 3.8) is 0 Å². The quantitative estimate of drug-likeness (QED) is 0.659. The maximum Gasteiger partial charge on any atom is 0.207 e. The molecule has 0 aliphatic rings. The van der Waals surface area contributed by atoms with E-state index in [1.54, 1.807) is 0 Å². The fourth-order valence-corrected chi connectivity index (χ4v) is 2.83. The highest BCUT2D eigenvalue weighted by Crippen LogP contribution is 2.25. The van der Waals surface area contributed by atoms with Gasteiger partial charge in [0.25, 0.3) is 0 Å². The Hall–Kier alpha value is -2.67. The molecule has 25 heavy (non-hydrogen) atoms. The van der Waals surface area contributed by atoms with Crippen molar-refractivity contribution < 1.29 is 0 Å². The van der Waals surface area contributed by atoms with E-state index in [0.717, 1.165) is 16.9 Å². The van der Waals surface area contributed by atoms with Crippen LogP contribution >= 0.6 is 0 Å². The van der Waals surface area contributed by atoms with Crippen LogP contribution in [0, 0.1) is 19.8 Å². The van der Waals surface area contributed by atoms with Crippen LogP contribution in [0.5, 0.6) is 0 Å². The van der Waals surface area contributed by atoms with Gasteiger partial charge >= 0.3 is 0 Å². The lowest BCUT2D eigenvalue weighted by Gasteiger charge is -2.21. The van der Waals surface area contributed by atoms with Crippen molar-refractivity contribution >= 4 is 22.8 Å². The number of anilines is 2. The fraction of sp³-hybridized carbons (Fsp3) is 0.389. The van der Waals surface area contributed by atoms with E-state index in [9.17, 15) is 0 Å². The van der Waals surface area contributed by atoms with Crippen molar-refractivity contribution in [3.8, 4) is 5.82 Å². The molecule has 7 nitrogen and oxygen atoms in total. The predicted octanol–water partition coefficient (Wildman–Crippen LogP) is 2.41. The lowest BCUT2D eigenvalue weighted by atomic mass is 10.1. The monoisotopic (exact) mass is 339 g/mol. The van der Waals surface area contributed by atoms with Crippen LogP contribution in [0.15, 0.2) is 24.5 Å². The maximum atomic E-state index is 6.16. The van der Waals surface area contributed by atoms with E-state index in [4.69, 9.17) is 11.5 Å². The number of rotatable bonds is 5. The molecule has 3 rings (SSSR count). The van der Waals surface area contributed by atoms with E-state index in [2.05, 4.69) is 54.0 Å². The average Bonchev–Trinajstić information content (AvgIpc) is 2.88. The third-order valence-electron chi connectivity index (χ3n) is 4.57. The van der Waals surface area contributed by atoms with Crippen LogP contribution < -0.4 is 16.8 Å². The van der Waals surface area contributed by atoms with Gasteiger partial charge in [-0.3, -0.25) is 4.57 Å². The zero-order chi connectivity index (χ0) is 18.1. The maximum absolute atomic E-state index is 6.16. The van der Waals surface area contributed by atoms with E-state index >= 15 is 0 Å². The normalized spacial score (nSPS) is 12.7. The molecule has 132 valence electrons. The number of imidazole rings is 1. The number of fused-ring (bicyclic) bond motifs is 1. The van der Waals surface area contributed by atoms with Crippen LogP contribution in [-0.2, 0) is 0 Å². The summed E-state index contributed by atoms with van der Waals surface area (Å²) >= 11 is 0. The second kappa shape index (κ2) is 6.68. The summed E-state index contributed by atoms with van der Waals surface area (Å²) in [6, 6.07) is 6.14. The second-order valence-electron chi connectivity index (χ2n) is 6.72. The summed E-state index contributed by atoms with van der Waals surface area (Å²) in [6.45, 7) is 8.92. The van der Waals surface area contributed by atoms with Crippen molar-refractivity contribution in [2.24, 2.45) is 11.7 Å². The van der Waals surface area contributed by atoms with Crippen LogP contribution in [-0.4, -0.2) is 32.1 Å². The molecule has 0 bridgehead atoms. The Morgan fingerprint density at radius 1 is 1.12 bits per heavy atom. The molecule has 0 fully saturated rings. The van der Waals surface area contributed by atoms with Crippen molar-refractivity contribution in [2.45, 2.75) is 33.7 Å². The largest absolute Gasteiger partial charge is 0.369 e. The summed E-state index contributed by atoms with van der Waals surface area (Å²) in [6.07, 6.45) is 1.53.